The minimum atomic E-state index is -1.79. The summed E-state index contributed by atoms with van der Waals surface area (Å²) in [5.41, 5.74) is -0.279. The second-order valence-corrected chi connectivity index (χ2v) is 10.5. The van der Waals surface area contributed by atoms with Gasteiger partial charge in [0.25, 0.3) is 5.60 Å². The maximum Gasteiger partial charge on any atom is 0.375 e. The van der Waals surface area contributed by atoms with E-state index in [0.29, 0.717) is 31.4 Å². The molecule has 176 valence electrons. The van der Waals surface area contributed by atoms with E-state index in [4.69, 9.17) is 55.9 Å². The van der Waals surface area contributed by atoms with Crippen LogP contribution in [0, 0.1) is 0 Å². The second-order valence-electron chi connectivity index (χ2n) is 6.87. The van der Waals surface area contributed by atoms with Crippen molar-refractivity contribution in [3.8, 4) is 0 Å². The van der Waals surface area contributed by atoms with Crippen LogP contribution in [0.25, 0.3) is 0 Å². The minimum Gasteiger partial charge on any atom is -0.501 e. The Hall–Kier alpha value is -1.22. The van der Waals surface area contributed by atoms with E-state index in [1.807, 2.05) is 0 Å². The quantitative estimate of drug-likeness (QED) is 0.324. The smallest absolute Gasteiger partial charge is 0.375 e. The molecule has 0 amide bonds. The molecule has 33 heavy (non-hydrogen) atoms. The van der Waals surface area contributed by atoms with Crippen molar-refractivity contribution in [2.24, 2.45) is 0 Å². The lowest BCUT2D eigenvalue weighted by molar-refractivity contribution is -0.169. The molecule has 2 aromatic rings. The Morgan fingerprint density at radius 3 is 2.15 bits per heavy atom. The van der Waals surface area contributed by atoms with Crippen LogP contribution in [0.4, 0.5) is 0 Å². The van der Waals surface area contributed by atoms with Gasteiger partial charge >= 0.3 is 11.9 Å². The highest BCUT2D eigenvalue weighted by Gasteiger charge is 2.55. The number of benzene rings is 2. The number of ether oxygens (including phenoxy) is 2. The molecule has 1 aliphatic heterocycles. The van der Waals surface area contributed by atoms with Crippen LogP contribution in [0.5, 0.6) is 0 Å². The average molecular weight is 568 g/mol. The summed E-state index contributed by atoms with van der Waals surface area (Å²) in [4.78, 5) is 25.4. The summed E-state index contributed by atoms with van der Waals surface area (Å²) in [6.07, 6.45) is 0. The summed E-state index contributed by atoms with van der Waals surface area (Å²) >= 11 is 26.8. The molecule has 1 atom stereocenters. The summed E-state index contributed by atoms with van der Waals surface area (Å²) in [7, 11) is 0. The zero-order valence-electron chi connectivity index (χ0n) is 17.2. The first-order valence-corrected chi connectivity index (χ1v) is 13.3. The molecule has 5 nitrogen and oxygen atoms in total. The van der Waals surface area contributed by atoms with Crippen LogP contribution in [0.15, 0.2) is 47.1 Å². The summed E-state index contributed by atoms with van der Waals surface area (Å²) in [5, 5.41) is 12.4. The maximum atomic E-state index is 13.0. The zero-order valence-corrected chi connectivity index (χ0v) is 21.9. The Morgan fingerprint density at radius 1 is 1.03 bits per heavy atom. The molecule has 3 rings (SSSR count). The van der Waals surface area contributed by atoms with Gasteiger partial charge in [0.2, 0.25) is 5.76 Å². The highest BCUT2D eigenvalue weighted by atomic mass is 35.5. The van der Waals surface area contributed by atoms with Crippen LogP contribution >= 0.6 is 69.9 Å². The Balaban J connectivity index is 1.85. The minimum absolute atomic E-state index is 0.0112. The first-order valence-electron chi connectivity index (χ1n) is 9.60. The van der Waals surface area contributed by atoms with Gasteiger partial charge < -0.3 is 14.6 Å². The number of hydrogen-bond acceptors (Lipinski definition) is 7. The van der Waals surface area contributed by atoms with Gasteiger partial charge in [-0.2, -0.15) is 11.8 Å². The molecule has 1 heterocycles. The molecule has 0 bridgehead atoms. The fourth-order valence-corrected chi connectivity index (χ4v) is 6.57. The Morgan fingerprint density at radius 2 is 1.61 bits per heavy atom. The molecule has 0 spiro atoms. The van der Waals surface area contributed by atoms with Crippen molar-refractivity contribution < 1.29 is 24.2 Å². The molecule has 0 saturated carbocycles. The molecule has 0 aromatic heterocycles. The van der Waals surface area contributed by atoms with Crippen molar-refractivity contribution in [2.45, 2.75) is 24.0 Å². The van der Waals surface area contributed by atoms with Crippen molar-refractivity contribution in [2.75, 3.05) is 12.4 Å². The molecule has 0 fully saturated rings. The van der Waals surface area contributed by atoms with Gasteiger partial charge in [0.05, 0.1) is 11.5 Å². The van der Waals surface area contributed by atoms with Crippen LogP contribution in [-0.4, -0.2) is 35.0 Å². The first-order chi connectivity index (χ1) is 15.7. The van der Waals surface area contributed by atoms with E-state index < -0.39 is 23.3 Å². The number of cyclic esters (lactones) is 1. The lowest BCUT2D eigenvalue weighted by Gasteiger charge is -2.27. The van der Waals surface area contributed by atoms with Crippen LogP contribution in [0.3, 0.4) is 0 Å². The van der Waals surface area contributed by atoms with Crippen molar-refractivity contribution in [1.82, 2.24) is 0 Å². The lowest BCUT2D eigenvalue weighted by atomic mass is 10.1. The highest BCUT2D eigenvalue weighted by Crippen LogP contribution is 2.45. The Kier molecular flexibility index (Phi) is 9.17. The van der Waals surface area contributed by atoms with Gasteiger partial charge in [0.15, 0.2) is 0 Å². The fourth-order valence-electron chi connectivity index (χ4n) is 2.99. The van der Waals surface area contributed by atoms with Gasteiger partial charge in [-0.25, -0.2) is 9.59 Å². The molecule has 0 saturated heterocycles. The van der Waals surface area contributed by atoms with Gasteiger partial charge in [0, 0.05) is 37.3 Å². The monoisotopic (exact) mass is 566 g/mol. The van der Waals surface area contributed by atoms with Crippen LogP contribution in [0.2, 0.25) is 20.1 Å². The molecular weight excluding hydrogens is 550 g/mol. The predicted molar refractivity (Wildman–Crippen MR) is 135 cm³/mol. The third-order valence-corrected chi connectivity index (χ3v) is 8.18. The van der Waals surface area contributed by atoms with Gasteiger partial charge in [0.1, 0.15) is 0 Å². The topological polar surface area (TPSA) is 72.8 Å². The number of esters is 2. The van der Waals surface area contributed by atoms with Crippen LogP contribution in [-0.2, 0) is 30.6 Å². The number of carbonyl (C=O) groups excluding carboxylic acids is 2. The summed E-state index contributed by atoms with van der Waals surface area (Å²) in [6.45, 7) is 1.72. The van der Waals surface area contributed by atoms with E-state index >= 15 is 0 Å². The maximum absolute atomic E-state index is 13.0. The van der Waals surface area contributed by atoms with Crippen molar-refractivity contribution in [3.63, 3.8) is 0 Å². The standard InChI is InChI=1S/C22H18Cl4O5S2/c1-2-30-21(29)22(11-32-9-12-3-5-14(23)7-16(12)25)19(18(27)20(28)31-22)33-10-13-4-6-15(24)8-17(13)26/h3-8,27H,2,9-11H2,1H3. The van der Waals surface area contributed by atoms with E-state index in [-0.39, 0.29) is 23.0 Å². The summed E-state index contributed by atoms with van der Waals surface area (Å²) < 4.78 is 10.6. The van der Waals surface area contributed by atoms with Crippen molar-refractivity contribution in [1.29, 1.82) is 0 Å². The lowest BCUT2D eigenvalue weighted by Crippen LogP contribution is -2.44. The Labute approximate surface area is 219 Å². The predicted octanol–water partition coefficient (Wildman–Crippen LogP) is 7.10. The number of halogens is 4. The number of aliphatic hydroxyl groups is 1. The van der Waals surface area contributed by atoms with E-state index in [0.717, 1.165) is 17.3 Å². The van der Waals surface area contributed by atoms with Gasteiger partial charge in [-0.1, -0.05) is 58.5 Å². The van der Waals surface area contributed by atoms with Crippen LogP contribution < -0.4 is 0 Å². The van der Waals surface area contributed by atoms with Crippen LogP contribution in [0.1, 0.15) is 18.1 Å². The van der Waals surface area contributed by atoms with Crippen molar-refractivity contribution >= 4 is 81.9 Å². The van der Waals surface area contributed by atoms with Crippen molar-refractivity contribution in [3.05, 3.63) is 78.3 Å². The Bertz CT molecular complexity index is 1110. The largest absolute Gasteiger partial charge is 0.501 e. The van der Waals surface area contributed by atoms with E-state index in [1.165, 1.54) is 11.8 Å². The fraction of sp³-hybridized carbons (Fsp3) is 0.273. The normalized spacial score (nSPS) is 17.9. The molecule has 1 unspecified atom stereocenters. The van der Waals surface area contributed by atoms with Gasteiger partial charge in [-0.3, -0.25) is 0 Å². The number of rotatable bonds is 9. The highest BCUT2D eigenvalue weighted by molar-refractivity contribution is 8.02. The third-order valence-electron chi connectivity index (χ3n) is 4.61. The number of thioether (sulfide) groups is 2. The molecule has 0 aliphatic carbocycles. The third kappa shape index (κ3) is 6.08. The molecule has 2 aromatic carbocycles. The SMILES string of the molecule is CCOC(=O)C1(CSCc2ccc(Cl)cc2Cl)OC(=O)C(O)=C1SCc1ccc(Cl)cc1Cl. The van der Waals surface area contributed by atoms with E-state index in [9.17, 15) is 14.7 Å². The summed E-state index contributed by atoms with van der Waals surface area (Å²) in [5.74, 6) is -1.68. The molecular formula is C22H18Cl4O5S2. The molecule has 1 aliphatic rings. The summed E-state index contributed by atoms with van der Waals surface area (Å²) in [6, 6.07) is 10.1. The average Bonchev–Trinajstić information content (AvgIpc) is 3.00. The number of aliphatic hydroxyl groups excluding tert-OH is 1. The zero-order chi connectivity index (χ0) is 24.2. The number of carbonyl (C=O) groups is 2. The molecule has 0 radical (unpaired) electrons. The number of hydrogen-bond donors (Lipinski definition) is 1. The second kappa shape index (κ2) is 11.5. The van der Waals surface area contributed by atoms with E-state index in [2.05, 4.69) is 0 Å². The first kappa shape index (κ1) is 26.4. The van der Waals surface area contributed by atoms with E-state index in [1.54, 1.807) is 43.3 Å². The molecule has 1 N–H and O–H groups in total. The van der Waals surface area contributed by atoms with Gasteiger partial charge in [-0.05, 0) is 42.3 Å². The van der Waals surface area contributed by atoms with Gasteiger partial charge in [-0.15, -0.1) is 11.8 Å². The molecule has 11 heteroatoms.